The maximum Gasteiger partial charge on any atom is 0.410 e. The molecule has 1 aromatic heterocycles. The molecule has 1 aromatic rings. The zero-order valence-corrected chi connectivity index (χ0v) is 16.6. The Hall–Kier alpha value is -2.31. The maximum atomic E-state index is 12.1. The van der Waals surface area contributed by atoms with Crippen molar-refractivity contribution in [1.29, 1.82) is 0 Å². The number of rotatable bonds is 3. The van der Waals surface area contributed by atoms with E-state index in [0.29, 0.717) is 19.0 Å². The van der Waals surface area contributed by atoms with Crippen molar-refractivity contribution in [3.05, 3.63) is 23.9 Å². The number of aromatic nitrogens is 1. The van der Waals surface area contributed by atoms with Crippen molar-refractivity contribution in [3.63, 3.8) is 0 Å². The fraction of sp³-hybridized carbons (Fsp3) is 0.650. The Labute approximate surface area is 160 Å². The topological polar surface area (TPSA) is 72.0 Å². The van der Waals surface area contributed by atoms with Gasteiger partial charge in [0, 0.05) is 25.2 Å². The number of carbonyl (C=O) groups is 2. The summed E-state index contributed by atoms with van der Waals surface area (Å²) in [5.41, 5.74) is 0.442. The summed E-state index contributed by atoms with van der Waals surface area (Å²) in [6, 6.07) is 3.86. The second-order valence-corrected chi connectivity index (χ2v) is 8.25. The lowest BCUT2D eigenvalue weighted by Crippen LogP contribution is -2.57. The highest BCUT2D eigenvalue weighted by Crippen LogP contribution is 2.36. The lowest BCUT2D eigenvalue weighted by Gasteiger charge is -2.40. The summed E-state index contributed by atoms with van der Waals surface area (Å²) < 4.78 is 11.4. The van der Waals surface area contributed by atoms with Crippen LogP contribution in [0, 0.1) is 0 Å². The highest BCUT2D eigenvalue weighted by molar-refractivity contribution is 5.74. The van der Waals surface area contributed by atoms with Gasteiger partial charge in [0.1, 0.15) is 11.7 Å². The normalized spacial score (nSPS) is 20.8. The van der Waals surface area contributed by atoms with Crippen molar-refractivity contribution < 1.29 is 19.1 Å². The average Bonchev–Trinajstić information content (AvgIpc) is 2.56. The van der Waals surface area contributed by atoms with Gasteiger partial charge in [-0.25, -0.2) is 9.78 Å². The van der Waals surface area contributed by atoms with Crippen LogP contribution in [0.3, 0.4) is 0 Å². The molecule has 148 valence electrons. The molecule has 3 heterocycles. The monoisotopic (exact) mass is 375 g/mol. The van der Waals surface area contributed by atoms with Crippen LogP contribution in [-0.4, -0.2) is 58.1 Å². The number of ether oxygens (including phenoxy) is 2. The quantitative estimate of drug-likeness (QED) is 0.811. The number of amides is 2. The van der Waals surface area contributed by atoms with E-state index in [4.69, 9.17) is 9.47 Å². The minimum absolute atomic E-state index is 0.00184. The van der Waals surface area contributed by atoms with Crippen molar-refractivity contribution >= 4 is 12.0 Å². The first-order valence-electron chi connectivity index (χ1n) is 9.61. The van der Waals surface area contributed by atoms with Crippen LogP contribution in [0.4, 0.5) is 4.79 Å². The van der Waals surface area contributed by atoms with E-state index in [1.807, 2.05) is 37.8 Å². The van der Waals surface area contributed by atoms with E-state index in [2.05, 4.69) is 4.98 Å². The van der Waals surface area contributed by atoms with Crippen LogP contribution in [-0.2, 0) is 9.53 Å². The van der Waals surface area contributed by atoms with Gasteiger partial charge in [0.15, 0.2) is 0 Å². The van der Waals surface area contributed by atoms with Gasteiger partial charge in [-0.3, -0.25) is 4.79 Å². The van der Waals surface area contributed by atoms with E-state index in [9.17, 15) is 9.59 Å². The summed E-state index contributed by atoms with van der Waals surface area (Å²) in [6.45, 7) is 8.89. The van der Waals surface area contributed by atoms with Crippen LogP contribution in [0.25, 0.3) is 0 Å². The number of nitrogens with zero attached hydrogens (tertiary/aromatic N) is 3. The van der Waals surface area contributed by atoms with E-state index < -0.39 is 5.60 Å². The van der Waals surface area contributed by atoms with Crippen molar-refractivity contribution in [3.8, 4) is 5.88 Å². The number of piperidine rings is 1. The molecule has 0 N–H and O–H groups in total. The molecule has 0 radical (unpaired) electrons. The molecule has 2 saturated heterocycles. The van der Waals surface area contributed by atoms with Gasteiger partial charge in [-0.15, -0.1) is 0 Å². The number of pyridine rings is 1. The molecule has 2 amide bonds. The zero-order chi connectivity index (χ0) is 19.6. The molecule has 0 aromatic carbocycles. The van der Waals surface area contributed by atoms with Crippen LogP contribution in [0.1, 0.15) is 58.6 Å². The lowest BCUT2D eigenvalue weighted by molar-refractivity contribution is -0.132. The molecular weight excluding hydrogens is 346 g/mol. The Morgan fingerprint density at radius 3 is 2.63 bits per heavy atom. The number of hydrogen-bond acceptors (Lipinski definition) is 5. The summed E-state index contributed by atoms with van der Waals surface area (Å²) in [4.78, 5) is 32.0. The fourth-order valence-corrected chi connectivity index (χ4v) is 3.53. The highest BCUT2D eigenvalue weighted by Gasteiger charge is 2.36. The van der Waals surface area contributed by atoms with E-state index in [1.54, 1.807) is 18.0 Å². The fourth-order valence-electron chi connectivity index (χ4n) is 3.53. The standard InChI is InChI=1S/C20H29N3O4/c1-14(24)23-11-6-5-9-17(23)16-8-7-10-21-18(16)26-15-12-22(13-15)19(25)27-20(2,3)4/h7-8,10,15,17H,5-6,9,11-13H2,1-4H3. The first kappa shape index (κ1) is 19.5. The van der Waals surface area contributed by atoms with Gasteiger partial charge in [-0.2, -0.15) is 0 Å². The summed E-state index contributed by atoms with van der Waals surface area (Å²) >= 11 is 0. The summed E-state index contributed by atoms with van der Waals surface area (Å²) in [7, 11) is 0. The molecule has 27 heavy (non-hydrogen) atoms. The van der Waals surface area contributed by atoms with Crippen LogP contribution in [0.15, 0.2) is 18.3 Å². The highest BCUT2D eigenvalue weighted by atomic mass is 16.6. The molecule has 0 bridgehead atoms. The van der Waals surface area contributed by atoms with Crippen LogP contribution in [0.2, 0.25) is 0 Å². The van der Waals surface area contributed by atoms with Gasteiger partial charge in [-0.1, -0.05) is 6.07 Å². The van der Waals surface area contributed by atoms with Crippen molar-refractivity contribution in [2.24, 2.45) is 0 Å². The summed E-state index contributed by atoms with van der Waals surface area (Å²) in [5, 5.41) is 0. The second-order valence-electron chi connectivity index (χ2n) is 8.25. The van der Waals surface area contributed by atoms with Gasteiger partial charge in [0.25, 0.3) is 0 Å². The third-order valence-electron chi connectivity index (χ3n) is 4.84. The van der Waals surface area contributed by atoms with Crippen LogP contribution < -0.4 is 4.74 Å². The predicted octanol–water partition coefficient (Wildman–Crippen LogP) is 3.15. The summed E-state index contributed by atoms with van der Waals surface area (Å²) in [6.07, 6.45) is 4.29. The zero-order valence-electron chi connectivity index (χ0n) is 16.6. The van der Waals surface area contributed by atoms with Crippen molar-refractivity contribution in [2.45, 2.75) is 64.7 Å². The molecule has 0 saturated carbocycles. The lowest BCUT2D eigenvalue weighted by atomic mass is 9.96. The molecule has 3 rings (SSSR count). The Balaban J connectivity index is 1.64. The first-order chi connectivity index (χ1) is 12.7. The molecule has 1 atom stereocenters. The van der Waals surface area contributed by atoms with Crippen LogP contribution >= 0.6 is 0 Å². The van der Waals surface area contributed by atoms with Gasteiger partial charge in [-0.05, 0) is 46.1 Å². The largest absolute Gasteiger partial charge is 0.470 e. The molecule has 7 heteroatoms. The van der Waals surface area contributed by atoms with Gasteiger partial charge in [0.2, 0.25) is 11.8 Å². The predicted molar refractivity (Wildman–Crippen MR) is 100 cm³/mol. The van der Waals surface area contributed by atoms with Gasteiger partial charge >= 0.3 is 6.09 Å². The van der Waals surface area contributed by atoms with Crippen molar-refractivity contribution in [1.82, 2.24) is 14.8 Å². The Morgan fingerprint density at radius 2 is 1.96 bits per heavy atom. The Morgan fingerprint density at radius 1 is 1.22 bits per heavy atom. The third kappa shape index (κ3) is 4.70. The SMILES string of the molecule is CC(=O)N1CCCCC1c1cccnc1OC1CN(C(=O)OC(C)(C)C)C1. The van der Waals surface area contributed by atoms with E-state index >= 15 is 0 Å². The molecule has 1 unspecified atom stereocenters. The van der Waals surface area contributed by atoms with E-state index in [-0.39, 0.29) is 24.1 Å². The molecule has 2 aliphatic rings. The summed E-state index contributed by atoms with van der Waals surface area (Å²) in [5.74, 6) is 0.638. The van der Waals surface area contributed by atoms with Gasteiger partial charge < -0.3 is 19.3 Å². The number of likely N-dealkylation sites (tertiary alicyclic amines) is 2. The average molecular weight is 375 g/mol. The minimum Gasteiger partial charge on any atom is -0.470 e. The molecule has 2 fully saturated rings. The van der Waals surface area contributed by atoms with Crippen LogP contribution in [0.5, 0.6) is 5.88 Å². The molecule has 0 spiro atoms. The second kappa shape index (κ2) is 7.74. The Bertz CT molecular complexity index is 695. The Kier molecular flexibility index (Phi) is 5.58. The molecule has 7 nitrogen and oxygen atoms in total. The smallest absolute Gasteiger partial charge is 0.410 e. The third-order valence-corrected chi connectivity index (χ3v) is 4.84. The molecular formula is C20H29N3O4. The molecule has 0 aliphatic carbocycles. The molecule has 2 aliphatic heterocycles. The van der Waals surface area contributed by atoms with E-state index in [1.165, 1.54) is 0 Å². The number of hydrogen-bond donors (Lipinski definition) is 0. The minimum atomic E-state index is -0.506. The number of carbonyl (C=O) groups excluding carboxylic acids is 2. The first-order valence-corrected chi connectivity index (χ1v) is 9.61. The van der Waals surface area contributed by atoms with Gasteiger partial charge in [0.05, 0.1) is 19.1 Å². The van der Waals surface area contributed by atoms with E-state index in [0.717, 1.165) is 31.4 Å². The maximum absolute atomic E-state index is 12.1. The van der Waals surface area contributed by atoms with Crippen molar-refractivity contribution in [2.75, 3.05) is 19.6 Å².